The number of carbonyl (C=O) groups excluding carboxylic acids is 2. The van der Waals surface area contributed by atoms with Crippen LogP contribution in [0.25, 0.3) is 0 Å². The summed E-state index contributed by atoms with van der Waals surface area (Å²) in [7, 11) is 3.20. The zero-order valence-electron chi connectivity index (χ0n) is 15.9. The van der Waals surface area contributed by atoms with Crippen molar-refractivity contribution in [1.29, 1.82) is 0 Å². The first kappa shape index (κ1) is 19.7. The Balaban J connectivity index is 2.07. The lowest BCUT2D eigenvalue weighted by Crippen LogP contribution is -2.37. The molecule has 0 unspecified atom stereocenters. The Morgan fingerprint density at radius 1 is 1.35 bits per heavy atom. The Morgan fingerprint density at radius 2 is 2.08 bits per heavy atom. The number of aryl methyl sites for hydroxylation is 2. The maximum absolute atomic E-state index is 12.5. The van der Waals surface area contributed by atoms with E-state index in [9.17, 15) is 9.59 Å². The molecule has 0 fully saturated rings. The maximum atomic E-state index is 12.5. The number of carbonyl (C=O) groups is 2. The Kier molecular flexibility index (Phi) is 6.52. The third kappa shape index (κ3) is 5.16. The average Bonchev–Trinajstić information content (AvgIpc) is 3.00. The van der Waals surface area contributed by atoms with Crippen molar-refractivity contribution in [3.8, 4) is 0 Å². The number of nitrogens with one attached hydrogen (secondary N) is 1. The lowest BCUT2D eigenvalue weighted by Gasteiger charge is -2.25. The summed E-state index contributed by atoms with van der Waals surface area (Å²) in [5.41, 5.74) is 2.96. The van der Waals surface area contributed by atoms with Crippen molar-refractivity contribution in [2.24, 2.45) is 7.05 Å². The van der Waals surface area contributed by atoms with Gasteiger partial charge in [0.15, 0.2) is 0 Å². The van der Waals surface area contributed by atoms with Crippen molar-refractivity contribution in [2.45, 2.75) is 33.4 Å². The smallest absolute Gasteiger partial charge is 0.337 e. The van der Waals surface area contributed by atoms with Crippen LogP contribution in [-0.2, 0) is 23.1 Å². The second-order valence-corrected chi connectivity index (χ2v) is 6.59. The van der Waals surface area contributed by atoms with Crippen molar-refractivity contribution in [3.05, 3.63) is 47.3 Å². The first-order valence-corrected chi connectivity index (χ1v) is 8.50. The predicted octanol–water partition coefficient (Wildman–Crippen LogP) is 2.36. The van der Waals surface area contributed by atoms with Gasteiger partial charge in [-0.2, -0.15) is 5.10 Å². The number of esters is 1. The van der Waals surface area contributed by atoms with Crippen molar-refractivity contribution in [3.63, 3.8) is 0 Å². The Morgan fingerprint density at radius 3 is 2.65 bits per heavy atom. The van der Waals surface area contributed by atoms with Gasteiger partial charge in [0.2, 0.25) is 5.91 Å². The normalized spacial score (nSPS) is 11.0. The highest BCUT2D eigenvalue weighted by molar-refractivity contribution is 5.96. The number of ether oxygens (including phenoxy) is 1. The number of rotatable bonds is 7. The molecule has 0 radical (unpaired) electrons. The maximum Gasteiger partial charge on any atom is 0.337 e. The number of amides is 1. The van der Waals surface area contributed by atoms with E-state index in [2.05, 4.69) is 15.3 Å². The van der Waals surface area contributed by atoms with Gasteiger partial charge in [0.1, 0.15) is 0 Å². The number of benzene rings is 1. The van der Waals surface area contributed by atoms with Crippen LogP contribution in [0.5, 0.6) is 0 Å². The fourth-order valence-corrected chi connectivity index (χ4v) is 2.58. The largest absolute Gasteiger partial charge is 0.465 e. The molecule has 0 aliphatic rings. The lowest BCUT2D eigenvalue weighted by molar-refractivity contribution is -0.117. The van der Waals surface area contributed by atoms with Gasteiger partial charge in [-0.05, 0) is 38.5 Å². The minimum atomic E-state index is -0.430. The first-order chi connectivity index (χ1) is 12.3. The fraction of sp³-hybridized carbons (Fsp3) is 0.421. The molecule has 7 heteroatoms. The zero-order valence-corrected chi connectivity index (χ0v) is 15.9. The predicted molar refractivity (Wildman–Crippen MR) is 99.9 cm³/mol. The van der Waals surface area contributed by atoms with Crippen molar-refractivity contribution >= 4 is 17.6 Å². The van der Waals surface area contributed by atoms with Crippen molar-refractivity contribution in [1.82, 2.24) is 14.7 Å². The summed E-state index contributed by atoms with van der Waals surface area (Å²) in [6, 6.07) is 5.31. The minimum Gasteiger partial charge on any atom is -0.465 e. The zero-order chi connectivity index (χ0) is 19.3. The number of hydrogen-bond donors (Lipinski definition) is 1. The monoisotopic (exact) mass is 358 g/mol. The van der Waals surface area contributed by atoms with Gasteiger partial charge in [-0.15, -0.1) is 0 Å². The molecular weight excluding hydrogens is 332 g/mol. The van der Waals surface area contributed by atoms with Gasteiger partial charge in [0.05, 0.1) is 25.4 Å². The quantitative estimate of drug-likeness (QED) is 0.769. The third-order valence-corrected chi connectivity index (χ3v) is 4.15. The molecule has 1 aromatic heterocycles. The van der Waals surface area contributed by atoms with Gasteiger partial charge in [0.25, 0.3) is 0 Å². The van der Waals surface area contributed by atoms with Crippen LogP contribution in [0.2, 0.25) is 0 Å². The highest BCUT2D eigenvalue weighted by atomic mass is 16.5. The topological polar surface area (TPSA) is 76.5 Å². The molecule has 0 spiro atoms. The molecule has 1 N–H and O–H groups in total. The summed E-state index contributed by atoms with van der Waals surface area (Å²) >= 11 is 0. The molecule has 0 bridgehead atoms. The Hall–Kier alpha value is -2.67. The van der Waals surface area contributed by atoms with Gasteiger partial charge in [-0.25, -0.2) is 4.79 Å². The van der Waals surface area contributed by atoms with E-state index in [4.69, 9.17) is 4.74 Å². The standard InChI is InChI=1S/C19H26N4O3/c1-13(2)23(11-15-9-20-22(4)10-15)12-18(24)21-17-8-16(19(25)26-5)7-6-14(17)3/h6-10,13H,11-12H2,1-5H3,(H,21,24). The lowest BCUT2D eigenvalue weighted by atomic mass is 10.1. The number of aromatic nitrogens is 2. The van der Waals surface area contributed by atoms with Crippen LogP contribution in [0.4, 0.5) is 5.69 Å². The van der Waals surface area contributed by atoms with Gasteiger partial charge in [-0.1, -0.05) is 6.07 Å². The second kappa shape index (κ2) is 8.62. The summed E-state index contributed by atoms with van der Waals surface area (Å²) in [6.07, 6.45) is 3.74. The molecule has 0 saturated carbocycles. The van der Waals surface area contributed by atoms with E-state index in [1.165, 1.54) is 7.11 Å². The third-order valence-electron chi connectivity index (χ3n) is 4.15. The molecule has 140 valence electrons. The van der Waals surface area contributed by atoms with Gasteiger partial charge in [0, 0.05) is 37.1 Å². The van der Waals surface area contributed by atoms with Crippen molar-refractivity contribution in [2.75, 3.05) is 19.0 Å². The van der Waals surface area contributed by atoms with E-state index >= 15 is 0 Å². The van der Waals surface area contributed by atoms with E-state index < -0.39 is 5.97 Å². The summed E-state index contributed by atoms with van der Waals surface area (Å²) in [5, 5.41) is 7.06. The first-order valence-electron chi connectivity index (χ1n) is 8.50. The Labute approximate surface area is 153 Å². The van der Waals surface area contributed by atoms with Crippen LogP contribution in [0.1, 0.15) is 35.3 Å². The molecule has 1 amide bonds. The van der Waals surface area contributed by atoms with Crippen LogP contribution >= 0.6 is 0 Å². The number of hydrogen-bond acceptors (Lipinski definition) is 5. The molecular formula is C19H26N4O3. The molecule has 2 rings (SSSR count). The summed E-state index contributed by atoms with van der Waals surface area (Å²) in [6.45, 7) is 6.86. The van der Waals surface area contributed by atoms with Crippen LogP contribution < -0.4 is 5.32 Å². The van der Waals surface area contributed by atoms with Crippen LogP contribution in [0.3, 0.4) is 0 Å². The van der Waals surface area contributed by atoms with Crippen LogP contribution in [0.15, 0.2) is 30.6 Å². The minimum absolute atomic E-state index is 0.132. The van der Waals surface area contributed by atoms with Crippen LogP contribution in [-0.4, -0.2) is 46.3 Å². The summed E-state index contributed by atoms with van der Waals surface area (Å²) < 4.78 is 6.48. The molecule has 2 aromatic rings. The number of anilines is 1. The average molecular weight is 358 g/mol. The molecule has 0 aliphatic heterocycles. The Bertz CT molecular complexity index is 783. The van der Waals surface area contributed by atoms with Crippen LogP contribution in [0, 0.1) is 6.92 Å². The molecule has 1 aromatic carbocycles. The van der Waals surface area contributed by atoms with E-state index in [0.29, 0.717) is 17.8 Å². The van der Waals surface area contributed by atoms with E-state index in [-0.39, 0.29) is 18.5 Å². The second-order valence-electron chi connectivity index (χ2n) is 6.59. The summed E-state index contributed by atoms with van der Waals surface area (Å²) in [5.74, 6) is -0.561. The highest BCUT2D eigenvalue weighted by Crippen LogP contribution is 2.18. The highest BCUT2D eigenvalue weighted by Gasteiger charge is 2.17. The molecule has 26 heavy (non-hydrogen) atoms. The summed E-state index contributed by atoms with van der Waals surface area (Å²) in [4.78, 5) is 26.3. The SMILES string of the molecule is COC(=O)c1ccc(C)c(NC(=O)CN(Cc2cnn(C)c2)C(C)C)c1. The molecule has 0 atom stereocenters. The molecule has 1 heterocycles. The van der Waals surface area contributed by atoms with Gasteiger partial charge >= 0.3 is 5.97 Å². The van der Waals surface area contributed by atoms with E-state index in [1.807, 2.05) is 34.0 Å². The number of nitrogens with zero attached hydrogens (tertiary/aromatic N) is 3. The fourth-order valence-electron chi connectivity index (χ4n) is 2.58. The van der Waals surface area contributed by atoms with E-state index in [0.717, 1.165) is 11.1 Å². The molecule has 0 saturated heterocycles. The van der Waals surface area contributed by atoms with Crippen molar-refractivity contribution < 1.29 is 14.3 Å². The molecule has 0 aliphatic carbocycles. The van der Waals surface area contributed by atoms with Gasteiger partial charge in [-0.3, -0.25) is 14.4 Å². The number of methoxy groups -OCH3 is 1. The van der Waals surface area contributed by atoms with Gasteiger partial charge < -0.3 is 10.1 Å². The molecule has 7 nitrogen and oxygen atoms in total. The van der Waals surface area contributed by atoms with E-state index in [1.54, 1.807) is 29.1 Å².